The normalized spacial score (nSPS) is 10.5. The third-order valence-electron chi connectivity index (χ3n) is 2.72. The number of ether oxygens (including phenoxy) is 1. The van der Waals surface area contributed by atoms with Gasteiger partial charge in [0.15, 0.2) is 5.78 Å². The zero-order valence-electron chi connectivity index (χ0n) is 10.8. The predicted octanol–water partition coefficient (Wildman–Crippen LogP) is 1.73. The molecule has 0 radical (unpaired) electrons. The minimum Gasteiger partial charge on any atom is -0.496 e. The average molecular weight is 272 g/mol. The molecule has 1 aromatic rings. The van der Waals surface area contributed by atoms with Crippen molar-refractivity contribution in [2.45, 2.75) is 13.8 Å². The fourth-order valence-electron chi connectivity index (χ4n) is 1.80. The van der Waals surface area contributed by atoms with Crippen LogP contribution in [0.3, 0.4) is 0 Å². The number of halogens is 1. The Morgan fingerprint density at radius 2 is 2.17 bits per heavy atom. The molecule has 1 rings (SSSR count). The number of aliphatic hydroxyl groups excluding tert-OH is 1. The molecule has 0 spiro atoms. The van der Waals surface area contributed by atoms with Gasteiger partial charge in [0.1, 0.15) is 5.75 Å². The highest BCUT2D eigenvalue weighted by atomic mass is 35.5. The van der Waals surface area contributed by atoms with Crippen molar-refractivity contribution in [2.24, 2.45) is 0 Å². The maximum absolute atomic E-state index is 12.1. The zero-order chi connectivity index (χ0) is 13.7. The fraction of sp³-hybridized carbons (Fsp3) is 0.462. The van der Waals surface area contributed by atoms with Gasteiger partial charge >= 0.3 is 0 Å². The quantitative estimate of drug-likeness (QED) is 0.611. The van der Waals surface area contributed by atoms with Crippen LogP contribution in [0.4, 0.5) is 0 Å². The summed E-state index contributed by atoms with van der Waals surface area (Å²) < 4.78 is 5.23. The second-order valence-corrected chi connectivity index (χ2v) is 4.41. The summed E-state index contributed by atoms with van der Waals surface area (Å²) in [5.41, 5.74) is 2.11. The Hall–Kier alpha value is -1.10. The Morgan fingerprint density at radius 1 is 1.50 bits per heavy atom. The molecule has 4 nitrogen and oxygen atoms in total. The van der Waals surface area contributed by atoms with Gasteiger partial charge in [-0.05, 0) is 31.0 Å². The Labute approximate surface area is 112 Å². The first-order valence-electron chi connectivity index (χ1n) is 5.71. The molecule has 0 aromatic heterocycles. The fourth-order valence-corrected chi connectivity index (χ4v) is 1.95. The molecule has 5 heteroatoms. The molecule has 0 saturated carbocycles. The first-order chi connectivity index (χ1) is 8.52. The Morgan fingerprint density at radius 3 is 2.72 bits per heavy atom. The number of methoxy groups -OCH3 is 1. The first-order valence-corrected chi connectivity index (χ1v) is 6.09. The number of carbonyl (C=O) groups is 1. The van der Waals surface area contributed by atoms with E-state index in [1.165, 1.54) is 7.11 Å². The van der Waals surface area contributed by atoms with Gasteiger partial charge in [-0.15, -0.1) is 0 Å². The van der Waals surface area contributed by atoms with E-state index in [0.29, 0.717) is 22.9 Å². The van der Waals surface area contributed by atoms with Gasteiger partial charge in [0.05, 0.1) is 25.8 Å². The lowest BCUT2D eigenvalue weighted by Gasteiger charge is -2.14. The smallest absolute Gasteiger partial charge is 0.180 e. The third kappa shape index (κ3) is 3.22. The van der Waals surface area contributed by atoms with Crippen molar-refractivity contribution < 1.29 is 14.6 Å². The zero-order valence-corrected chi connectivity index (χ0v) is 11.6. The lowest BCUT2D eigenvalue weighted by atomic mass is 10.0. The SMILES string of the molecule is COc1cc(C)c(Cl)c(C)c1C(=O)CNCCO. The van der Waals surface area contributed by atoms with E-state index in [0.717, 1.165) is 11.1 Å². The molecule has 0 amide bonds. The third-order valence-corrected chi connectivity index (χ3v) is 3.30. The molecule has 0 atom stereocenters. The van der Waals surface area contributed by atoms with Crippen LogP contribution < -0.4 is 10.1 Å². The molecule has 0 aliphatic rings. The number of benzene rings is 1. The lowest BCUT2D eigenvalue weighted by Crippen LogP contribution is -2.26. The number of carbonyl (C=O) groups excluding carboxylic acids is 1. The van der Waals surface area contributed by atoms with Gasteiger partial charge in [0.25, 0.3) is 0 Å². The van der Waals surface area contributed by atoms with Crippen LogP contribution in [0.5, 0.6) is 5.75 Å². The second-order valence-electron chi connectivity index (χ2n) is 4.03. The molecule has 0 bridgehead atoms. The minimum atomic E-state index is -0.0975. The molecule has 2 N–H and O–H groups in total. The van der Waals surface area contributed by atoms with Crippen LogP contribution in [0.1, 0.15) is 21.5 Å². The molecular formula is C13H18ClNO3. The van der Waals surface area contributed by atoms with E-state index >= 15 is 0 Å². The van der Waals surface area contributed by atoms with Crippen molar-refractivity contribution in [3.05, 3.63) is 27.8 Å². The summed E-state index contributed by atoms with van der Waals surface area (Å²) >= 11 is 6.15. The van der Waals surface area contributed by atoms with Crippen molar-refractivity contribution >= 4 is 17.4 Å². The van der Waals surface area contributed by atoms with Gasteiger partial charge in [-0.1, -0.05) is 11.6 Å². The van der Waals surface area contributed by atoms with Crippen molar-refractivity contribution in [3.63, 3.8) is 0 Å². The van der Waals surface area contributed by atoms with Gasteiger partial charge in [0, 0.05) is 11.6 Å². The van der Waals surface area contributed by atoms with Crippen LogP contribution >= 0.6 is 11.6 Å². The highest BCUT2D eigenvalue weighted by Gasteiger charge is 2.18. The largest absolute Gasteiger partial charge is 0.496 e. The summed E-state index contributed by atoms with van der Waals surface area (Å²) in [6.45, 7) is 4.20. The molecule has 18 heavy (non-hydrogen) atoms. The van der Waals surface area contributed by atoms with Gasteiger partial charge in [-0.3, -0.25) is 4.79 Å². The van der Waals surface area contributed by atoms with Crippen LogP contribution in [0, 0.1) is 13.8 Å². The maximum atomic E-state index is 12.1. The Balaban J connectivity index is 3.06. The predicted molar refractivity (Wildman–Crippen MR) is 71.8 cm³/mol. The average Bonchev–Trinajstić information content (AvgIpc) is 2.35. The van der Waals surface area contributed by atoms with Crippen molar-refractivity contribution in [3.8, 4) is 5.75 Å². The van der Waals surface area contributed by atoms with E-state index in [4.69, 9.17) is 21.4 Å². The Kier molecular flexibility index (Phi) is 5.59. The van der Waals surface area contributed by atoms with Crippen LogP contribution in [-0.2, 0) is 0 Å². The van der Waals surface area contributed by atoms with Crippen LogP contribution in [0.15, 0.2) is 6.07 Å². The van der Waals surface area contributed by atoms with E-state index < -0.39 is 0 Å². The highest BCUT2D eigenvalue weighted by Crippen LogP contribution is 2.31. The summed E-state index contributed by atoms with van der Waals surface area (Å²) in [6, 6.07) is 1.76. The van der Waals surface area contributed by atoms with E-state index in [2.05, 4.69) is 5.32 Å². The number of nitrogens with one attached hydrogen (secondary N) is 1. The van der Waals surface area contributed by atoms with Crippen LogP contribution in [-0.4, -0.2) is 37.7 Å². The van der Waals surface area contributed by atoms with Crippen molar-refractivity contribution in [1.82, 2.24) is 5.32 Å². The number of aryl methyl sites for hydroxylation is 1. The highest BCUT2D eigenvalue weighted by molar-refractivity contribution is 6.32. The maximum Gasteiger partial charge on any atom is 0.180 e. The van der Waals surface area contributed by atoms with Gasteiger partial charge in [-0.25, -0.2) is 0 Å². The van der Waals surface area contributed by atoms with Gasteiger partial charge < -0.3 is 15.2 Å². The molecule has 0 unspecified atom stereocenters. The molecule has 0 aliphatic heterocycles. The number of Topliss-reactive ketones (excluding diaryl/α,β-unsaturated/α-hetero) is 1. The van der Waals surface area contributed by atoms with E-state index in [1.807, 2.05) is 6.92 Å². The second kappa shape index (κ2) is 6.73. The van der Waals surface area contributed by atoms with Gasteiger partial charge in [-0.2, -0.15) is 0 Å². The molecule has 1 aromatic carbocycles. The van der Waals surface area contributed by atoms with Crippen molar-refractivity contribution in [1.29, 1.82) is 0 Å². The summed E-state index contributed by atoms with van der Waals surface area (Å²) in [6.07, 6.45) is 0. The summed E-state index contributed by atoms with van der Waals surface area (Å²) in [5, 5.41) is 12.1. The topological polar surface area (TPSA) is 58.6 Å². The number of aliphatic hydroxyl groups is 1. The standard InChI is InChI=1S/C13H18ClNO3/c1-8-6-11(18-3)12(9(2)13(8)14)10(17)7-15-4-5-16/h6,15-16H,4-5,7H2,1-3H3. The minimum absolute atomic E-state index is 0.00193. The molecule has 0 aliphatic carbocycles. The summed E-state index contributed by atoms with van der Waals surface area (Å²) in [4.78, 5) is 12.1. The van der Waals surface area contributed by atoms with Crippen LogP contribution in [0.2, 0.25) is 5.02 Å². The lowest BCUT2D eigenvalue weighted by molar-refractivity contribution is 0.0986. The number of ketones is 1. The van der Waals surface area contributed by atoms with Crippen molar-refractivity contribution in [2.75, 3.05) is 26.8 Å². The molecule has 0 heterocycles. The van der Waals surface area contributed by atoms with Crippen LogP contribution in [0.25, 0.3) is 0 Å². The van der Waals surface area contributed by atoms with E-state index in [-0.39, 0.29) is 18.9 Å². The number of hydrogen-bond donors (Lipinski definition) is 2. The molecule has 0 saturated heterocycles. The Bertz CT molecular complexity index is 446. The van der Waals surface area contributed by atoms with E-state index in [9.17, 15) is 4.79 Å². The molecular weight excluding hydrogens is 254 g/mol. The molecule has 0 fully saturated rings. The molecule has 100 valence electrons. The first kappa shape index (κ1) is 15.0. The number of rotatable bonds is 6. The summed E-state index contributed by atoms with van der Waals surface area (Å²) in [5.74, 6) is 0.435. The van der Waals surface area contributed by atoms with E-state index in [1.54, 1.807) is 13.0 Å². The monoisotopic (exact) mass is 271 g/mol. The van der Waals surface area contributed by atoms with Gasteiger partial charge in [0.2, 0.25) is 0 Å². The number of hydrogen-bond acceptors (Lipinski definition) is 4. The summed E-state index contributed by atoms with van der Waals surface area (Å²) in [7, 11) is 1.53.